The molecule has 0 bridgehead atoms. The fourth-order valence-electron chi connectivity index (χ4n) is 5.83. The number of nitriles is 1. The molecule has 1 aliphatic carbocycles. The van der Waals surface area contributed by atoms with E-state index in [0.717, 1.165) is 12.1 Å². The van der Waals surface area contributed by atoms with Crippen molar-refractivity contribution < 1.29 is 99.9 Å². The molecule has 0 atom stereocenters. The van der Waals surface area contributed by atoms with Crippen molar-refractivity contribution in [2.75, 3.05) is 17.2 Å². The van der Waals surface area contributed by atoms with Crippen LogP contribution < -0.4 is 79.7 Å². The van der Waals surface area contributed by atoms with Gasteiger partial charge in [-0.2, -0.15) is 9.60 Å². The summed E-state index contributed by atoms with van der Waals surface area (Å²) in [6.45, 7) is 0.163. The number of para-hydroxylation sites is 1. The van der Waals surface area contributed by atoms with Crippen molar-refractivity contribution >= 4 is 77.6 Å². The fraction of sp³-hybridized carbons (Fsp3) is 0.0625. The molecule has 0 unspecified atom stereocenters. The molecule has 3 N–H and O–H groups in total. The molecule has 1 aliphatic heterocycles. The number of fused-ring (bicyclic) bond motifs is 3. The van der Waals surface area contributed by atoms with Crippen LogP contribution in [0.15, 0.2) is 98.5 Å². The van der Waals surface area contributed by atoms with Crippen LogP contribution in [0.4, 0.5) is 22.9 Å². The third kappa shape index (κ3) is 7.38. The molecule has 52 heavy (non-hydrogen) atoms. The Morgan fingerprint density at radius 2 is 1.65 bits per heavy atom. The summed E-state index contributed by atoms with van der Waals surface area (Å²) in [4.78, 5) is 23.1. The van der Waals surface area contributed by atoms with Gasteiger partial charge in [0.2, 0.25) is 0 Å². The molecule has 252 valence electrons. The monoisotopic (exact) mass is 774 g/mol. The molecular formula is C32H20N6Na2O9S3. The predicted octanol–water partition coefficient (Wildman–Crippen LogP) is -1.97. The van der Waals surface area contributed by atoms with Gasteiger partial charge in [0.15, 0.2) is 11.6 Å². The molecule has 15 nitrogen and oxygen atoms in total. The number of benzene rings is 4. The Hall–Kier alpha value is -3.39. The molecule has 0 saturated carbocycles. The number of aliphatic imine (C=N–C) groups is 1. The molecule has 20 heteroatoms. The maximum Gasteiger partial charge on any atom is 1.00 e. The van der Waals surface area contributed by atoms with Gasteiger partial charge in [0.25, 0.3) is 10.0 Å². The maximum atomic E-state index is 14.3. The first-order valence-electron chi connectivity index (χ1n) is 14.5. The Kier molecular flexibility index (Phi) is 12.2. The van der Waals surface area contributed by atoms with Gasteiger partial charge in [-0.15, -0.1) is 0 Å². The smallest absolute Gasteiger partial charge is 0.744 e. The van der Waals surface area contributed by atoms with Crippen LogP contribution in [0.1, 0.15) is 27.9 Å². The number of rotatable bonds is 10. The quantitative estimate of drug-likeness (QED) is 0.0342. The summed E-state index contributed by atoms with van der Waals surface area (Å²) in [6, 6.07) is 21.5. The number of nitrogens with zero attached hydrogens (tertiary/aromatic N) is 3. The van der Waals surface area contributed by atoms with E-state index in [0.29, 0.717) is 34.1 Å². The summed E-state index contributed by atoms with van der Waals surface area (Å²) < 4.78 is 69.1. The molecule has 4 aromatic carbocycles. The second kappa shape index (κ2) is 15.9. The molecule has 0 fully saturated rings. The molecule has 0 spiro atoms. The standard InChI is InChI=1S/C32H22N6O9S3.2Na/c33-14-5-15-34-31-29(32-36-21-8-3-4-9-25(21)49(41,42)38-32)26-18-6-1-2-7-19(18)30(39)28-23(13-12-22(37-31)27(26)28)35-20-11-10-17(50(43,44)45)16-24(20)48-47-46-40;;/h1-4,6-13,16,35,40H,5,15H2,(H,34,37)(H,36,38)(H,43,44,45);;/q;2*+1/p-2. The molecule has 0 saturated heterocycles. The largest absolute Gasteiger partial charge is 1.00 e. The van der Waals surface area contributed by atoms with E-state index in [1.165, 1.54) is 12.1 Å². The van der Waals surface area contributed by atoms with Crippen LogP contribution in [-0.2, 0) is 29.5 Å². The van der Waals surface area contributed by atoms with Crippen LogP contribution in [0.2, 0.25) is 0 Å². The molecule has 0 amide bonds. The second-order valence-electron chi connectivity index (χ2n) is 10.8. The van der Waals surface area contributed by atoms with Crippen LogP contribution in [0.5, 0.6) is 0 Å². The Labute approximate surface area is 345 Å². The number of hydrogen-bond acceptors (Lipinski definition) is 15. The Morgan fingerprint density at radius 1 is 0.942 bits per heavy atom. The van der Waals surface area contributed by atoms with Gasteiger partial charge in [-0.25, -0.2) is 26.8 Å². The number of hydrogen-bond donors (Lipinski definition) is 3. The molecular weight excluding hydrogens is 755 g/mol. The van der Waals surface area contributed by atoms with Gasteiger partial charge in [0.05, 0.1) is 68.0 Å². The van der Waals surface area contributed by atoms with Gasteiger partial charge >= 0.3 is 59.1 Å². The Balaban J connectivity index is 0.00000261. The number of carbonyl (C=O) groups is 1. The van der Waals surface area contributed by atoms with Gasteiger partial charge in [-0.05, 0) is 48.0 Å². The minimum absolute atomic E-state index is 0. The van der Waals surface area contributed by atoms with E-state index < -0.39 is 30.8 Å². The third-order valence-electron chi connectivity index (χ3n) is 7.87. The zero-order valence-corrected chi connectivity index (χ0v) is 33.6. The third-order valence-corrected chi connectivity index (χ3v) is 10.7. The Morgan fingerprint density at radius 3 is 2.38 bits per heavy atom. The minimum atomic E-state index is -4.89. The van der Waals surface area contributed by atoms with Crippen molar-refractivity contribution in [2.45, 2.75) is 21.1 Å². The fourth-order valence-corrected chi connectivity index (χ4v) is 8.05. The number of sulfonamides is 1. The van der Waals surface area contributed by atoms with Crippen molar-refractivity contribution in [1.29, 1.82) is 5.26 Å². The number of pyridine rings is 1. The van der Waals surface area contributed by atoms with E-state index in [4.69, 9.17) is 4.98 Å². The van der Waals surface area contributed by atoms with Gasteiger partial charge in [-0.1, -0.05) is 36.4 Å². The van der Waals surface area contributed by atoms with Crippen LogP contribution >= 0.6 is 12.0 Å². The van der Waals surface area contributed by atoms with Crippen molar-refractivity contribution in [2.24, 2.45) is 4.99 Å². The Bertz CT molecular complexity index is 2570. The number of ketones is 1. The van der Waals surface area contributed by atoms with Crippen LogP contribution in [0.3, 0.4) is 0 Å². The molecule has 2 heterocycles. The SMILES string of the molecule is N#CCCNc1nc2ccc(Nc3ccc(S(=O)(=O)[O-])cc3SOO[O-])c3c2c(c1C1=Nc2ccccc2S(=O)(=O)N1)-c1ccccc1C3=O.[Na+].[Na+]. The number of aromatic nitrogens is 1. The van der Waals surface area contributed by atoms with E-state index in [9.17, 15) is 36.7 Å². The maximum absolute atomic E-state index is 14.3. The summed E-state index contributed by atoms with van der Waals surface area (Å²) in [5.41, 5.74) is 2.42. The van der Waals surface area contributed by atoms with E-state index in [1.807, 2.05) is 0 Å². The summed E-state index contributed by atoms with van der Waals surface area (Å²) in [5.74, 6) is -0.270. The number of anilines is 3. The van der Waals surface area contributed by atoms with Gasteiger partial charge in [0, 0.05) is 23.1 Å². The molecule has 1 aromatic heterocycles. The van der Waals surface area contributed by atoms with Crippen molar-refractivity contribution in [3.63, 3.8) is 0 Å². The van der Waals surface area contributed by atoms with E-state index in [-0.39, 0.29) is 127 Å². The molecule has 0 radical (unpaired) electrons. The summed E-state index contributed by atoms with van der Waals surface area (Å²) in [5, 5.41) is 29.8. The van der Waals surface area contributed by atoms with Crippen molar-refractivity contribution in [3.8, 4) is 17.2 Å². The first-order valence-corrected chi connectivity index (χ1v) is 18.1. The number of nitrogens with one attached hydrogen (secondary N) is 3. The van der Waals surface area contributed by atoms with E-state index in [1.54, 1.807) is 54.6 Å². The van der Waals surface area contributed by atoms with E-state index >= 15 is 0 Å². The first kappa shape index (κ1) is 39.8. The average Bonchev–Trinajstić information content (AvgIpc) is 3.09. The van der Waals surface area contributed by atoms with Crippen molar-refractivity contribution in [3.05, 3.63) is 95.6 Å². The van der Waals surface area contributed by atoms with Gasteiger partial charge in [0.1, 0.15) is 20.8 Å². The molecule has 7 rings (SSSR count). The van der Waals surface area contributed by atoms with Crippen LogP contribution in [0.25, 0.3) is 22.0 Å². The molecule has 5 aromatic rings. The van der Waals surface area contributed by atoms with Gasteiger partial charge < -0.3 is 20.4 Å². The normalized spacial score (nSPS) is 13.6. The van der Waals surface area contributed by atoms with Crippen molar-refractivity contribution in [1.82, 2.24) is 9.71 Å². The zero-order chi connectivity index (χ0) is 35.2. The zero-order valence-electron chi connectivity index (χ0n) is 27.2. The van der Waals surface area contributed by atoms with Crippen LogP contribution in [-0.4, -0.2) is 44.5 Å². The van der Waals surface area contributed by atoms with Gasteiger partial charge in [-0.3, -0.25) is 14.6 Å². The summed E-state index contributed by atoms with van der Waals surface area (Å²) in [7, 11) is -8.98. The van der Waals surface area contributed by atoms with E-state index in [2.05, 4.69) is 35.8 Å². The minimum Gasteiger partial charge on any atom is -0.744 e. The summed E-state index contributed by atoms with van der Waals surface area (Å²) in [6.07, 6.45) is 0.104. The topological polar surface area (TPSA) is 235 Å². The average molecular weight is 775 g/mol. The second-order valence-corrected chi connectivity index (χ2v) is 14.6. The molecule has 2 aliphatic rings. The predicted molar refractivity (Wildman–Crippen MR) is 178 cm³/mol. The van der Waals surface area contributed by atoms with Crippen LogP contribution in [0, 0.1) is 11.3 Å². The number of amidine groups is 1. The number of carbonyl (C=O) groups excluding carboxylic acids is 1. The first-order chi connectivity index (χ1) is 24.0. The summed E-state index contributed by atoms with van der Waals surface area (Å²) >= 11 is 0.337.